The number of hydrogen-bond acceptors (Lipinski definition) is 4. The summed E-state index contributed by atoms with van der Waals surface area (Å²) in [6.07, 6.45) is 3.54. The molecule has 1 aromatic carbocycles. The van der Waals surface area contributed by atoms with Gasteiger partial charge in [-0.3, -0.25) is 4.79 Å². The van der Waals surface area contributed by atoms with Crippen LogP contribution in [-0.2, 0) is 0 Å². The molecule has 4 rings (SSSR count). The maximum absolute atomic E-state index is 12.7. The lowest BCUT2D eigenvalue weighted by molar-refractivity contribution is 0.663. The molecule has 6 heteroatoms. The SMILES string of the molecule is O=c1[nH]c([C@@H]2CCCCS2)nc2scc(-c3ccccc3Cl)c12. The lowest BCUT2D eigenvalue weighted by atomic mass is 10.1. The van der Waals surface area contributed by atoms with E-state index >= 15 is 0 Å². The van der Waals surface area contributed by atoms with Crippen LogP contribution in [0.25, 0.3) is 21.3 Å². The highest BCUT2D eigenvalue weighted by Gasteiger charge is 2.21. The zero-order chi connectivity index (χ0) is 15.8. The standard InChI is InChI=1S/C17H15ClN2OS2/c18-12-6-2-1-5-10(12)11-9-23-17-14(11)16(21)19-15(20-17)13-7-3-4-8-22-13/h1-2,5-6,9,13H,3-4,7-8H2,(H,19,20,21)/t13-/m0/s1. The Morgan fingerprint density at radius 1 is 1.22 bits per heavy atom. The van der Waals surface area contributed by atoms with E-state index in [1.807, 2.05) is 41.4 Å². The molecule has 118 valence electrons. The second-order valence-electron chi connectivity index (χ2n) is 5.62. The highest BCUT2D eigenvalue weighted by molar-refractivity contribution is 7.99. The van der Waals surface area contributed by atoms with Crippen LogP contribution < -0.4 is 5.56 Å². The average molecular weight is 363 g/mol. The van der Waals surface area contributed by atoms with Gasteiger partial charge in [-0.15, -0.1) is 11.3 Å². The van der Waals surface area contributed by atoms with Crippen molar-refractivity contribution in [3.05, 3.63) is 50.8 Å². The molecule has 23 heavy (non-hydrogen) atoms. The number of aromatic amines is 1. The molecule has 1 saturated heterocycles. The van der Waals surface area contributed by atoms with E-state index in [0.29, 0.717) is 15.7 Å². The molecule has 0 amide bonds. The molecule has 1 aliphatic rings. The number of hydrogen-bond donors (Lipinski definition) is 1. The predicted molar refractivity (Wildman–Crippen MR) is 99.7 cm³/mol. The average Bonchev–Trinajstić information content (AvgIpc) is 3.00. The van der Waals surface area contributed by atoms with Crippen LogP contribution >= 0.6 is 34.7 Å². The summed E-state index contributed by atoms with van der Waals surface area (Å²) in [5.41, 5.74) is 1.69. The summed E-state index contributed by atoms with van der Waals surface area (Å²) in [6, 6.07) is 7.60. The topological polar surface area (TPSA) is 45.8 Å². The second kappa shape index (κ2) is 6.30. The summed E-state index contributed by atoms with van der Waals surface area (Å²) in [5, 5.41) is 3.59. The fraction of sp³-hybridized carbons (Fsp3) is 0.294. The third kappa shape index (κ3) is 2.82. The molecule has 1 atom stereocenters. The smallest absolute Gasteiger partial charge is 0.260 e. The van der Waals surface area contributed by atoms with E-state index in [2.05, 4.69) is 4.98 Å². The van der Waals surface area contributed by atoms with E-state index < -0.39 is 0 Å². The van der Waals surface area contributed by atoms with Gasteiger partial charge in [-0.25, -0.2) is 4.98 Å². The Balaban J connectivity index is 1.84. The van der Waals surface area contributed by atoms with Gasteiger partial charge in [0.2, 0.25) is 0 Å². The van der Waals surface area contributed by atoms with Gasteiger partial charge in [0.05, 0.1) is 10.6 Å². The van der Waals surface area contributed by atoms with Gasteiger partial charge in [0, 0.05) is 21.5 Å². The summed E-state index contributed by atoms with van der Waals surface area (Å²) in [5.74, 6) is 1.96. The van der Waals surface area contributed by atoms with Crippen molar-refractivity contribution in [2.75, 3.05) is 5.75 Å². The molecule has 3 aromatic rings. The number of H-pyrrole nitrogens is 1. The van der Waals surface area contributed by atoms with Crippen LogP contribution in [0.2, 0.25) is 5.02 Å². The monoisotopic (exact) mass is 362 g/mol. The van der Waals surface area contributed by atoms with Gasteiger partial charge in [0.25, 0.3) is 5.56 Å². The van der Waals surface area contributed by atoms with Crippen molar-refractivity contribution < 1.29 is 0 Å². The number of halogens is 1. The Morgan fingerprint density at radius 2 is 2.09 bits per heavy atom. The van der Waals surface area contributed by atoms with E-state index in [9.17, 15) is 4.79 Å². The van der Waals surface area contributed by atoms with Crippen molar-refractivity contribution in [1.29, 1.82) is 0 Å². The van der Waals surface area contributed by atoms with Crippen LogP contribution in [0.3, 0.4) is 0 Å². The molecule has 0 aliphatic carbocycles. The maximum atomic E-state index is 12.7. The Bertz CT molecular complexity index is 912. The molecule has 1 aliphatic heterocycles. The summed E-state index contributed by atoms with van der Waals surface area (Å²) in [4.78, 5) is 21.2. The molecule has 0 unspecified atom stereocenters. The van der Waals surface area contributed by atoms with Gasteiger partial charge in [-0.1, -0.05) is 36.2 Å². The minimum absolute atomic E-state index is 0.0626. The van der Waals surface area contributed by atoms with Crippen molar-refractivity contribution in [2.24, 2.45) is 0 Å². The fourth-order valence-corrected chi connectivity index (χ4v) is 5.39. The van der Waals surface area contributed by atoms with E-state index in [1.165, 1.54) is 24.2 Å². The second-order valence-corrected chi connectivity index (χ2v) is 8.19. The number of fused-ring (bicyclic) bond motifs is 1. The van der Waals surface area contributed by atoms with Gasteiger partial charge in [0.15, 0.2) is 0 Å². The van der Waals surface area contributed by atoms with Crippen molar-refractivity contribution >= 4 is 44.9 Å². The van der Waals surface area contributed by atoms with Crippen molar-refractivity contribution in [2.45, 2.75) is 24.5 Å². The predicted octanol–water partition coefficient (Wildman–Crippen LogP) is 5.26. The van der Waals surface area contributed by atoms with E-state index in [0.717, 1.165) is 34.0 Å². The summed E-state index contributed by atoms with van der Waals surface area (Å²) >= 11 is 9.69. The number of thioether (sulfide) groups is 1. The van der Waals surface area contributed by atoms with Gasteiger partial charge >= 0.3 is 0 Å². The van der Waals surface area contributed by atoms with Crippen LogP contribution in [0.5, 0.6) is 0 Å². The molecular formula is C17H15ClN2OS2. The Labute approximate surface area is 147 Å². The van der Waals surface area contributed by atoms with Crippen LogP contribution in [0.15, 0.2) is 34.4 Å². The fourth-order valence-electron chi connectivity index (χ4n) is 2.95. The summed E-state index contributed by atoms with van der Waals surface area (Å²) in [7, 11) is 0. The highest BCUT2D eigenvalue weighted by Crippen LogP contribution is 2.38. The van der Waals surface area contributed by atoms with Gasteiger partial charge < -0.3 is 4.98 Å². The van der Waals surface area contributed by atoms with Crippen molar-refractivity contribution in [1.82, 2.24) is 9.97 Å². The first-order valence-corrected chi connectivity index (χ1v) is 9.92. The molecule has 3 nitrogen and oxygen atoms in total. The Morgan fingerprint density at radius 3 is 2.87 bits per heavy atom. The van der Waals surface area contributed by atoms with Crippen LogP contribution in [0, 0.1) is 0 Å². The first kappa shape index (κ1) is 15.2. The normalized spacial score (nSPS) is 18.4. The summed E-state index contributed by atoms with van der Waals surface area (Å²) < 4.78 is 0. The van der Waals surface area contributed by atoms with Crippen LogP contribution in [-0.4, -0.2) is 15.7 Å². The highest BCUT2D eigenvalue weighted by atomic mass is 35.5. The van der Waals surface area contributed by atoms with Gasteiger partial charge in [0.1, 0.15) is 10.7 Å². The minimum Gasteiger partial charge on any atom is -0.309 e. The number of benzene rings is 1. The van der Waals surface area contributed by atoms with Crippen molar-refractivity contribution in [3.8, 4) is 11.1 Å². The number of aromatic nitrogens is 2. The molecule has 0 spiro atoms. The number of nitrogens with zero attached hydrogens (tertiary/aromatic N) is 1. The maximum Gasteiger partial charge on any atom is 0.260 e. The largest absolute Gasteiger partial charge is 0.309 e. The lowest BCUT2D eigenvalue weighted by Gasteiger charge is -2.20. The third-order valence-electron chi connectivity index (χ3n) is 4.11. The zero-order valence-corrected chi connectivity index (χ0v) is 14.7. The molecule has 0 saturated carbocycles. The number of nitrogens with one attached hydrogen (secondary N) is 1. The number of rotatable bonds is 2. The van der Waals surface area contributed by atoms with E-state index in [1.54, 1.807) is 0 Å². The Kier molecular flexibility index (Phi) is 4.18. The number of thiophene rings is 1. The van der Waals surface area contributed by atoms with Crippen LogP contribution in [0.4, 0.5) is 0 Å². The van der Waals surface area contributed by atoms with Crippen LogP contribution in [0.1, 0.15) is 30.3 Å². The van der Waals surface area contributed by atoms with Gasteiger partial charge in [-0.05, 0) is 24.7 Å². The molecule has 0 radical (unpaired) electrons. The molecule has 1 N–H and O–H groups in total. The molecule has 0 bridgehead atoms. The van der Waals surface area contributed by atoms with Crippen molar-refractivity contribution in [3.63, 3.8) is 0 Å². The minimum atomic E-state index is -0.0626. The summed E-state index contributed by atoms with van der Waals surface area (Å²) in [6.45, 7) is 0. The molecular weight excluding hydrogens is 348 g/mol. The zero-order valence-electron chi connectivity index (χ0n) is 12.3. The molecule has 1 fully saturated rings. The van der Waals surface area contributed by atoms with Gasteiger partial charge in [-0.2, -0.15) is 11.8 Å². The first-order chi connectivity index (χ1) is 11.2. The third-order valence-corrected chi connectivity index (χ3v) is 6.70. The molecule has 2 aromatic heterocycles. The van der Waals surface area contributed by atoms with E-state index in [-0.39, 0.29) is 5.56 Å². The first-order valence-electron chi connectivity index (χ1n) is 7.62. The quantitative estimate of drug-likeness (QED) is 0.676. The molecule has 3 heterocycles. The van der Waals surface area contributed by atoms with E-state index in [4.69, 9.17) is 16.6 Å². The lowest BCUT2D eigenvalue weighted by Crippen LogP contribution is -2.15. The Hall–Kier alpha value is -1.30.